The highest BCUT2D eigenvalue weighted by Gasteiger charge is 2.60. The Balaban J connectivity index is 1.59. The van der Waals surface area contributed by atoms with Gasteiger partial charge in [0.2, 0.25) is 5.91 Å². The van der Waals surface area contributed by atoms with Crippen LogP contribution in [0, 0.1) is 34.5 Å². The topological polar surface area (TPSA) is 52.7 Å². The van der Waals surface area contributed by atoms with Crippen molar-refractivity contribution in [2.45, 2.75) is 98.6 Å². The molecular weight excluding hydrogens is 398 g/mol. The van der Waals surface area contributed by atoms with E-state index in [0.717, 1.165) is 31.6 Å². The molecule has 4 rings (SSSR count). The summed E-state index contributed by atoms with van der Waals surface area (Å²) in [6, 6.07) is -0.336. The van der Waals surface area contributed by atoms with Crippen LogP contribution in [0.2, 0.25) is 0 Å². The quantitative estimate of drug-likeness (QED) is 0.634. The average molecular weight is 444 g/mol. The molecule has 0 aromatic rings. The zero-order chi connectivity index (χ0) is 23.4. The zero-order valence-corrected chi connectivity index (χ0v) is 21.4. The lowest BCUT2D eigenvalue weighted by atomic mass is 9.49. The number of carbonyl (C=O) groups excluding carboxylic acids is 2. The summed E-state index contributed by atoms with van der Waals surface area (Å²) in [5, 5.41) is 2.95. The molecule has 32 heavy (non-hydrogen) atoms. The first-order valence-electron chi connectivity index (χ1n) is 13.1. The van der Waals surface area contributed by atoms with Crippen LogP contribution in [0.25, 0.3) is 0 Å². The van der Waals surface area contributed by atoms with Crippen LogP contribution in [0.3, 0.4) is 0 Å². The van der Waals surface area contributed by atoms with Gasteiger partial charge in [-0.25, -0.2) is 4.79 Å². The minimum atomic E-state index is -0.233. The van der Waals surface area contributed by atoms with Crippen molar-refractivity contribution in [3.63, 3.8) is 0 Å². The fourth-order valence-electron chi connectivity index (χ4n) is 8.27. The first-order valence-corrected chi connectivity index (χ1v) is 13.1. The summed E-state index contributed by atoms with van der Waals surface area (Å²) in [7, 11) is 2.27. The maximum absolute atomic E-state index is 13.8. The number of fused-ring (bicyclic) bond motifs is 5. The molecule has 0 bridgehead atoms. The van der Waals surface area contributed by atoms with Crippen LogP contribution in [-0.4, -0.2) is 47.4 Å². The van der Waals surface area contributed by atoms with E-state index in [1.807, 2.05) is 27.7 Å². The second kappa shape index (κ2) is 8.36. The van der Waals surface area contributed by atoms with Gasteiger partial charge in [0, 0.05) is 42.7 Å². The van der Waals surface area contributed by atoms with Crippen molar-refractivity contribution in [3.05, 3.63) is 11.8 Å². The maximum Gasteiger partial charge on any atom is 0.324 e. The average Bonchev–Trinajstić information content (AvgIpc) is 3.04. The van der Waals surface area contributed by atoms with Gasteiger partial charge >= 0.3 is 6.03 Å². The van der Waals surface area contributed by atoms with Crippen molar-refractivity contribution in [2.24, 2.45) is 34.5 Å². The number of amides is 3. The molecule has 5 heteroatoms. The number of nitrogens with zero attached hydrogens (tertiary/aromatic N) is 2. The molecule has 0 radical (unpaired) electrons. The molecule has 1 saturated heterocycles. The molecule has 180 valence electrons. The third-order valence-corrected chi connectivity index (χ3v) is 9.71. The van der Waals surface area contributed by atoms with Gasteiger partial charge in [0.05, 0.1) is 0 Å². The number of rotatable bonds is 3. The van der Waals surface area contributed by atoms with Crippen molar-refractivity contribution in [2.75, 3.05) is 13.6 Å². The van der Waals surface area contributed by atoms with Gasteiger partial charge in [-0.3, -0.25) is 9.69 Å². The van der Waals surface area contributed by atoms with Gasteiger partial charge < -0.3 is 10.2 Å². The number of hydrogen-bond donors (Lipinski definition) is 1. The van der Waals surface area contributed by atoms with E-state index in [0.29, 0.717) is 17.3 Å². The minimum Gasteiger partial charge on any atom is -0.378 e. The summed E-state index contributed by atoms with van der Waals surface area (Å²) in [6.07, 6.45) is 10.6. The number of piperidine rings is 1. The van der Waals surface area contributed by atoms with Crippen LogP contribution >= 0.6 is 0 Å². The number of urea groups is 1. The molecule has 0 aromatic heterocycles. The highest BCUT2D eigenvalue weighted by molar-refractivity contribution is 5.96. The number of carbonyl (C=O) groups is 2. The first-order chi connectivity index (χ1) is 15.0. The number of allylic oxidation sites excluding steroid dienone is 2. The van der Waals surface area contributed by atoms with Crippen molar-refractivity contribution in [1.29, 1.82) is 0 Å². The Bertz CT molecular complexity index is 790. The Kier molecular flexibility index (Phi) is 6.17. The Labute approximate surface area is 195 Å². The van der Waals surface area contributed by atoms with Gasteiger partial charge in [-0.1, -0.05) is 19.9 Å². The van der Waals surface area contributed by atoms with Crippen LogP contribution in [0.4, 0.5) is 4.79 Å². The third-order valence-electron chi connectivity index (χ3n) is 9.71. The van der Waals surface area contributed by atoms with E-state index in [2.05, 4.69) is 37.2 Å². The molecule has 4 aliphatic rings. The van der Waals surface area contributed by atoms with Crippen molar-refractivity contribution >= 4 is 11.9 Å². The molecule has 5 nitrogen and oxygen atoms in total. The highest BCUT2D eigenvalue weighted by atomic mass is 16.2. The molecule has 2 saturated carbocycles. The van der Waals surface area contributed by atoms with Gasteiger partial charge in [0.25, 0.3) is 0 Å². The number of likely N-dealkylation sites (tertiary alicyclic amines) is 1. The monoisotopic (exact) mass is 443 g/mol. The molecule has 1 unspecified atom stereocenters. The maximum atomic E-state index is 13.8. The summed E-state index contributed by atoms with van der Waals surface area (Å²) in [5.41, 5.74) is 1.88. The fraction of sp³-hybridized carbons (Fsp3) is 0.852. The molecule has 6 atom stereocenters. The van der Waals surface area contributed by atoms with E-state index in [1.165, 1.54) is 30.7 Å². The van der Waals surface area contributed by atoms with E-state index in [1.54, 1.807) is 5.70 Å². The first kappa shape index (κ1) is 23.6. The van der Waals surface area contributed by atoms with Crippen LogP contribution in [0.1, 0.15) is 86.5 Å². The van der Waals surface area contributed by atoms with Crippen molar-refractivity contribution in [1.82, 2.24) is 15.1 Å². The normalized spacial score (nSPS) is 38.7. The van der Waals surface area contributed by atoms with Gasteiger partial charge in [0.15, 0.2) is 0 Å². The molecule has 1 aliphatic heterocycles. The molecule has 1 heterocycles. The van der Waals surface area contributed by atoms with Gasteiger partial charge in [-0.15, -0.1) is 0 Å². The van der Waals surface area contributed by atoms with Crippen LogP contribution in [0.15, 0.2) is 11.8 Å². The zero-order valence-electron chi connectivity index (χ0n) is 21.4. The fourth-order valence-corrected chi connectivity index (χ4v) is 8.27. The van der Waals surface area contributed by atoms with E-state index in [4.69, 9.17) is 0 Å². The van der Waals surface area contributed by atoms with E-state index in [-0.39, 0.29) is 35.4 Å². The number of hydrogen-bond acceptors (Lipinski definition) is 3. The summed E-state index contributed by atoms with van der Waals surface area (Å²) in [6.45, 7) is 13.9. The largest absolute Gasteiger partial charge is 0.378 e. The molecule has 3 amide bonds. The Morgan fingerprint density at radius 1 is 1.09 bits per heavy atom. The summed E-state index contributed by atoms with van der Waals surface area (Å²) >= 11 is 0. The van der Waals surface area contributed by atoms with Crippen LogP contribution in [-0.2, 0) is 4.79 Å². The number of imide groups is 1. The predicted octanol–water partition coefficient (Wildman–Crippen LogP) is 5.42. The van der Waals surface area contributed by atoms with Gasteiger partial charge in [-0.05, 0) is 95.8 Å². The summed E-state index contributed by atoms with van der Waals surface area (Å²) in [5.74, 6) is 1.99. The van der Waals surface area contributed by atoms with Gasteiger partial charge in [0.1, 0.15) is 0 Å². The summed E-state index contributed by atoms with van der Waals surface area (Å²) < 4.78 is 0. The smallest absolute Gasteiger partial charge is 0.324 e. The van der Waals surface area contributed by atoms with Crippen molar-refractivity contribution < 1.29 is 9.59 Å². The Morgan fingerprint density at radius 2 is 1.81 bits per heavy atom. The van der Waals surface area contributed by atoms with Crippen LogP contribution < -0.4 is 5.32 Å². The number of nitrogens with one attached hydrogen (secondary N) is 1. The summed E-state index contributed by atoms with van der Waals surface area (Å²) in [4.78, 5) is 30.7. The lowest BCUT2D eigenvalue weighted by Crippen LogP contribution is -2.56. The van der Waals surface area contributed by atoms with Gasteiger partial charge in [-0.2, -0.15) is 0 Å². The van der Waals surface area contributed by atoms with Crippen molar-refractivity contribution in [3.8, 4) is 0 Å². The highest BCUT2D eigenvalue weighted by Crippen LogP contribution is 2.66. The van der Waals surface area contributed by atoms with Crippen LogP contribution in [0.5, 0.6) is 0 Å². The standard InChI is InChI=1S/C27H45N3O2/c1-17(2)28-25(32)30(18(3)4)24(31)22-11-10-20-19-9-12-23-27(6,14-8-16-29(23)7)21(19)13-15-26(20,22)5/h12,17-22H,8-11,13-16H2,1-7H3,(H,28,32)/t19-,20-,21+,22?,26-,27+/m0/s1. The lowest BCUT2D eigenvalue weighted by molar-refractivity contribution is -0.140. The molecule has 3 aliphatic carbocycles. The molecule has 0 spiro atoms. The molecule has 1 N–H and O–H groups in total. The molecule has 3 fully saturated rings. The Hall–Kier alpha value is -1.52. The van der Waals surface area contributed by atoms with E-state index < -0.39 is 0 Å². The molecule has 0 aromatic carbocycles. The van der Waals surface area contributed by atoms with E-state index in [9.17, 15) is 9.59 Å². The minimum absolute atomic E-state index is 0.00573. The third kappa shape index (κ3) is 3.58. The second-order valence-corrected chi connectivity index (χ2v) is 12.2. The Morgan fingerprint density at radius 3 is 2.47 bits per heavy atom. The second-order valence-electron chi connectivity index (χ2n) is 12.2. The predicted molar refractivity (Wildman–Crippen MR) is 129 cm³/mol. The molecular formula is C27H45N3O2. The lowest BCUT2D eigenvalue weighted by Gasteiger charge is -2.58. The van der Waals surface area contributed by atoms with E-state index >= 15 is 0 Å². The SMILES string of the molecule is CC(C)NC(=O)N(C(=O)C1CC[C@H]2[C@@H]3CC=C4N(C)CCC[C@]4(C)[C@@H]3CC[C@]12C)C(C)C.